The topological polar surface area (TPSA) is 74.3 Å². The lowest BCUT2D eigenvalue weighted by atomic mass is 10.0. The van der Waals surface area contributed by atoms with Crippen LogP contribution in [-0.2, 0) is 11.3 Å². The Morgan fingerprint density at radius 1 is 1.21 bits per heavy atom. The highest BCUT2D eigenvalue weighted by atomic mass is 19.1. The minimum atomic E-state index is -1.68. The highest BCUT2D eigenvalue weighted by Gasteiger charge is 2.42. The number of carbonyl (C=O) groups excluding carboxylic acids is 1. The lowest BCUT2D eigenvalue weighted by Crippen LogP contribution is -2.37. The molecule has 1 aromatic rings. The van der Waals surface area contributed by atoms with E-state index in [0.717, 1.165) is 44.2 Å². The van der Waals surface area contributed by atoms with Gasteiger partial charge < -0.3 is 9.42 Å². The molecule has 1 aromatic heterocycles. The van der Waals surface area contributed by atoms with E-state index in [0.29, 0.717) is 17.8 Å². The molecule has 0 bridgehead atoms. The Morgan fingerprint density at radius 3 is 2.50 bits per heavy atom. The molecule has 8 heteroatoms. The zero-order valence-corrected chi connectivity index (χ0v) is 13.8. The predicted octanol–water partition coefficient (Wildman–Crippen LogP) is 1.04. The van der Waals surface area contributed by atoms with Crippen LogP contribution < -0.4 is 0 Å². The smallest absolute Gasteiger partial charge is 0.289 e. The Hall–Kier alpha value is -2.09. The predicted molar refractivity (Wildman–Crippen MR) is 85.5 cm³/mol. The lowest BCUT2D eigenvalue weighted by molar-refractivity contribution is -0.120. The SMILES string of the molecule is CC1=NC(N2CC3CN(Cc4cc(C)no4)CC3C2)=NC(=O)C1F. The van der Waals surface area contributed by atoms with Crippen molar-refractivity contribution in [2.24, 2.45) is 21.8 Å². The quantitative estimate of drug-likeness (QED) is 0.808. The maximum atomic E-state index is 13.5. The number of aromatic nitrogens is 1. The summed E-state index contributed by atoms with van der Waals surface area (Å²) < 4.78 is 18.8. The van der Waals surface area contributed by atoms with Crippen molar-refractivity contribution in [1.29, 1.82) is 0 Å². The maximum absolute atomic E-state index is 13.5. The molecule has 4 heterocycles. The van der Waals surface area contributed by atoms with E-state index in [2.05, 4.69) is 20.0 Å². The van der Waals surface area contributed by atoms with Gasteiger partial charge in [0.15, 0.2) is 5.76 Å². The molecule has 0 N–H and O–H groups in total. The molecule has 3 atom stereocenters. The minimum absolute atomic E-state index is 0.198. The molecule has 2 saturated heterocycles. The molecule has 2 fully saturated rings. The van der Waals surface area contributed by atoms with E-state index in [1.807, 2.05) is 17.9 Å². The summed E-state index contributed by atoms with van der Waals surface area (Å²) in [5, 5.41) is 3.92. The Kier molecular flexibility index (Phi) is 3.71. The summed E-state index contributed by atoms with van der Waals surface area (Å²) in [7, 11) is 0. The first kappa shape index (κ1) is 15.4. The number of hydrogen-bond donors (Lipinski definition) is 0. The van der Waals surface area contributed by atoms with Crippen molar-refractivity contribution < 1.29 is 13.7 Å². The number of halogens is 1. The van der Waals surface area contributed by atoms with Crippen LogP contribution in [0.3, 0.4) is 0 Å². The van der Waals surface area contributed by atoms with Crippen LogP contribution in [-0.4, -0.2) is 64.9 Å². The first-order valence-corrected chi connectivity index (χ1v) is 8.21. The van der Waals surface area contributed by atoms with E-state index in [1.165, 1.54) is 6.92 Å². The van der Waals surface area contributed by atoms with Crippen LogP contribution in [0.5, 0.6) is 0 Å². The largest absolute Gasteiger partial charge is 0.360 e. The van der Waals surface area contributed by atoms with Crippen LogP contribution in [0.4, 0.5) is 4.39 Å². The fourth-order valence-corrected chi connectivity index (χ4v) is 3.81. The Bertz CT molecular complexity index is 714. The zero-order chi connectivity index (χ0) is 16.8. The van der Waals surface area contributed by atoms with Gasteiger partial charge in [-0.15, -0.1) is 0 Å². The number of guanidine groups is 1. The molecule has 3 aliphatic rings. The van der Waals surface area contributed by atoms with E-state index in [9.17, 15) is 9.18 Å². The number of hydrogen-bond acceptors (Lipinski definition) is 6. The van der Waals surface area contributed by atoms with Crippen LogP contribution in [0.15, 0.2) is 20.6 Å². The standard InChI is InChI=1S/C16H20FN5O2/c1-9-3-13(24-20-9)8-21-4-11-6-22(7-12(11)5-21)16-18-10(2)14(17)15(23)19-16/h3,11-12,14H,4-8H2,1-2H3. The van der Waals surface area contributed by atoms with Crippen LogP contribution in [0, 0.1) is 18.8 Å². The van der Waals surface area contributed by atoms with Gasteiger partial charge in [0.25, 0.3) is 5.91 Å². The van der Waals surface area contributed by atoms with Gasteiger partial charge in [0, 0.05) is 32.2 Å². The highest BCUT2D eigenvalue weighted by molar-refractivity contribution is 6.16. The molecule has 4 rings (SSSR count). The van der Waals surface area contributed by atoms with Crippen molar-refractivity contribution in [1.82, 2.24) is 15.0 Å². The Balaban J connectivity index is 1.38. The van der Waals surface area contributed by atoms with E-state index in [-0.39, 0.29) is 5.71 Å². The fraction of sp³-hybridized carbons (Fsp3) is 0.625. The van der Waals surface area contributed by atoms with Crippen molar-refractivity contribution in [3.8, 4) is 0 Å². The minimum Gasteiger partial charge on any atom is -0.360 e. The van der Waals surface area contributed by atoms with Gasteiger partial charge >= 0.3 is 0 Å². The molecule has 3 aliphatic heterocycles. The summed E-state index contributed by atoms with van der Waals surface area (Å²) >= 11 is 0. The molecule has 0 aromatic carbocycles. The second kappa shape index (κ2) is 5.77. The molecule has 1 amide bonds. The number of likely N-dealkylation sites (tertiary alicyclic amines) is 2. The number of fused-ring (bicyclic) bond motifs is 1. The van der Waals surface area contributed by atoms with Gasteiger partial charge in [0.1, 0.15) is 0 Å². The van der Waals surface area contributed by atoms with Gasteiger partial charge in [0.05, 0.1) is 18.0 Å². The summed E-state index contributed by atoms with van der Waals surface area (Å²) in [6.45, 7) is 7.77. The van der Waals surface area contributed by atoms with Crippen molar-refractivity contribution in [2.45, 2.75) is 26.6 Å². The van der Waals surface area contributed by atoms with Crippen molar-refractivity contribution in [2.75, 3.05) is 26.2 Å². The molecule has 0 aliphatic carbocycles. The third kappa shape index (κ3) is 2.75. The highest BCUT2D eigenvalue weighted by Crippen LogP contribution is 2.32. The lowest BCUT2D eigenvalue weighted by Gasteiger charge is -2.23. The number of alkyl halides is 1. The average Bonchev–Trinajstić information content (AvgIpc) is 3.19. The number of aliphatic imine (C=N–C) groups is 2. The van der Waals surface area contributed by atoms with Gasteiger partial charge in [-0.3, -0.25) is 9.69 Å². The number of rotatable bonds is 2. The Labute approximate surface area is 139 Å². The van der Waals surface area contributed by atoms with Crippen molar-refractivity contribution in [3.05, 3.63) is 17.5 Å². The maximum Gasteiger partial charge on any atom is 0.289 e. The number of aryl methyl sites for hydroxylation is 1. The number of nitrogens with zero attached hydrogens (tertiary/aromatic N) is 5. The van der Waals surface area contributed by atoms with Gasteiger partial charge in [-0.05, 0) is 25.7 Å². The Morgan fingerprint density at radius 2 is 1.92 bits per heavy atom. The van der Waals surface area contributed by atoms with Gasteiger partial charge in [-0.1, -0.05) is 5.16 Å². The number of amides is 1. The third-order valence-corrected chi connectivity index (χ3v) is 4.97. The van der Waals surface area contributed by atoms with E-state index in [1.54, 1.807) is 0 Å². The van der Waals surface area contributed by atoms with Crippen molar-refractivity contribution in [3.63, 3.8) is 0 Å². The van der Waals surface area contributed by atoms with E-state index < -0.39 is 12.1 Å². The second-order valence-electron chi connectivity index (χ2n) is 6.92. The third-order valence-electron chi connectivity index (χ3n) is 4.97. The summed E-state index contributed by atoms with van der Waals surface area (Å²) in [6, 6.07) is 1.97. The molecular formula is C16H20FN5O2. The first-order valence-electron chi connectivity index (χ1n) is 8.21. The van der Waals surface area contributed by atoms with Crippen LogP contribution >= 0.6 is 0 Å². The molecular weight excluding hydrogens is 313 g/mol. The normalized spacial score (nSPS) is 30.5. The molecule has 0 radical (unpaired) electrons. The second-order valence-corrected chi connectivity index (χ2v) is 6.92. The molecule has 128 valence electrons. The summed E-state index contributed by atoms with van der Waals surface area (Å²) in [5.74, 6) is 1.53. The van der Waals surface area contributed by atoms with Crippen molar-refractivity contribution >= 4 is 17.6 Å². The van der Waals surface area contributed by atoms with Gasteiger partial charge in [-0.25, -0.2) is 9.38 Å². The monoisotopic (exact) mass is 333 g/mol. The molecule has 24 heavy (non-hydrogen) atoms. The zero-order valence-electron chi connectivity index (χ0n) is 13.8. The number of carbonyl (C=O) groups is 1. The molecule has 0 spiro atoms. The summed E-state index contributed by atoms with van der Waals surface area (Å²) in [6.07, 6.45) is -1.68. The first-order chi connectivity index (χ1) is 11.5. The van der Waals surface area contributed by atoms with Crippen LogP contribution in [0.25, 0.3) is 0 Å². The van der Waals surface area contributed by atoms with Gasteiger partial charge in [0.2, 0.25) is 12.1 Å². The van der Waals surface area contributed by atoms with E-state index in [4.69, 9.17) is 4.52 Å². The van der Waals surface area contributed by atoms with Crippen LogP contribution in [0.1, 0.15) is 18.4 Å². The van der Waals surface area contributed by atoms with E-state index >= 15 is 0 Å². The molecule has 7 nitrogen and oxygen atoms in total. The summed E-state index contributed by atoms with van der Waals surface area (Å²) in [5.41, 5.74) is 1.10. The van der Waals surface area contributed by atoms with Crippen LogP contribution in [0.2, 0.25) is 0 Å². The summed E-state index contributed by atoms with van der Waals surface area (Å²) in [4.78, 5) is 24.0. The molecule has 3 unspecified atom stereocenters. The average molecular weight is 333 g/mol. The van der Waals surface area contributed by atoms with Gasteiger partial charge in [-0.2, -0.15) is 4.99 Å². The molecule has 0 saturated carbocycles. The fourth-order valence-electron chi connectivity index (χ4n) is 3.81.